The first-order valence-corrected chi connectivity index (χ1v) is 12.4. The summed E-state index contributed by atoms with van der Waals surface area (Å²) >= 11 is 0. The van der Waals surface area contributed by atoms with Gasteiger partial charge in [0.25, 0.3) is 5.91 Å². The molecule has 0 spiro atoms. The zero-order valence-electron chi connectivity index (χ0n) is 22.8. The number of carbonyl (C=O) groups excluding carboxylic acids is 1. The Morgan fingerprint density at radius 3 is 2.35 bits per heavy atom. The Hall–Kier alpha value is -5.25. The van der Waals surface area contributed by atoms with Gasteiger partial charge in [0.2, 0.25) is 5.75 Å². The molecule has 0 saturated carbocycles. The number of nitrogens with zero attached hydrogens (tertiary/aromatic N) is 2. The van der Waals surface area contributed by atoms with Crippen LogP contribution in [0.4, 0.5) is 11.4 Å². The quantitative estimate of drug-likeness (QED) is 0.166. The number of amides is 1. The van der Waals surface area contributed by atoms with E-state index in [0.29, 0.717) is 34.3 Å². The number of nitrogens with one attached hydrogen (secondary N) is 3. The zero-order valence-corrected chi connectivity index (χ0v) is 22.8. The minimum absolute atomic E-state index is 0.378. The summed E-state index contributed by atoms with van der Waals surface area (Å²) < 4.78 is 21.6. The number of aromatic amines is 1. The second-order valence-electron chi connectivity index (χ2n) is 8.94. The minimum atomic E-state index is -0.378. The van der Waals surface area contributed by atoms with Crippen LogP contribution in [-0.2, 0) is 0 Å². The van der Waals surface area contributed by atoms with Crippen molar-refractivity contribution in [1.29, 1.82) is 0 Å². The number of pyridine rings is 1. The number of hydrogen-bond donors (Lipinski definition) is 3. The number of aromatic nitrogens is 2. The van der Waals surface area contributed by atoms with E-state index in [2.05, 4.69) is 25.8 Å². The first-order valence-electron chi connectivity index (χ1n) is 12.4. The van der Waals surface area contributed by atoms with Crippen molar-refractivity contribution in [2.75, 3.05) is 33.8 Å². The standard InChI is InChI=1S/C30H29N5O5/c1-17-11-23(21-7-6-8-25(37-2)28(21)32-17)33-20-9-10-22-19(14-20)15-24(34-22)30(36)35-31-16-18-12-26(38-3)29(40-5)27(13-18)39-4/h6-16,34H,1-5H3,(H,32,33)(H,35,36)/b31-16+. The van der Waals surface area contributed by atoms with Crippen LogP contribution in [0, 0.1) is 6.92 Å². The summed E-state index contributed by atoms with van der Waals surface area (Å²) in [5, 5.41) is 9.40. The second-order valence-corrected chi connectivity index (χ2v) is 8.94. The van der Waals surface area contributed by atoms with Crippen LogP contribution < -0.4 is 29.7 Å². The molecule has 10 heteroatoms. The topological polar surface area (TPSA) is 119 Å². The molecule has 0 bridgehead atoms. The molecular weight excluding hydrogens is 510 g/mol. The number of methoxy groups -OCH3 is 4. The number of aryl methyl sites for hydroxylation is 1. The normalized spacial score (nSPS) is 11.1. The van der Waals surface area contributed by atoms with E-state index in [0.717, 1.165) is 38.9 Å². The molecular formula is C30H29N5O5. The molecule has 3 N–H and O–H groups in total. The van der Waals surface area contributed by atoms with Gasteiger partial charge in [-0.05, 0) is 55.5 Å². The molecule has 10 nitrogen and oxygen atoms in total. The summed E-state index contributed by atoms with van der Waals surface area (Å²) in [6.45, 7) is 1.95. The van der Waals surface area contributed by atoms with Crippen molar-refractivity contribution in [3.8, 4) is 23.0 Å². The number of hydrazone groups is 1. The van der Waals surface area contributed by atoms with Gasteiger partial charge >= 0.3 is 0 Å². The number of benzene rings is 3. The van der Waals surface area contributed by atoms with E-state index in [1.807, 2.05) is 49.4 Å². The summed E-state index contributed by atoms with van der Waals surface area (Å²) in [6.07, 6.45) is 1.50. The first kappa shape index (κ1) is 26.4. The molecule has 0 aliphatic carbocycles. The van der Waals surface area contributed by atoms with Crippen molar-refractivity contribution in [3.63, 3.8) is 0 Å². The number of rotatable bonds is 9. The van der Waals surface area contributed by atoms with E-state index in [1.165, 1.54) is 27.5 Å². The molecule has 204 valence electrons. The molecule has 0 atom stereocenters. The largest absolute Gasteiger partial charge is 0.494 e. The highest BCUT2D eigenvalue weighted by Crippen LogP contribution is 2.38. The summed E-state index contributed by atoms with van der Waals surface area (Å²) in [4.78, 5) is 20.6. The van der Waals surface area contributed by atoms with E-state index in [1.54, 1.807) is 25.3 Å². The highest BCUT2D eigenvalue weighted by Gasteiger charge is 2.14. The van der Waals surface area contributed by atoms with Crippen LogP contribution in [0.5, 0.6) is 23.0 Å². The molecule has 0 aliphatic heterocycles. The van der Waals surface area contributed by atoms with Crippen LogP contribution in [0.15, 0.2) is 65.8 Å². The van der Waals surface area contributed by atoms with Gasteiger partial charge in [-0.1, -0.05) is 12.1 Å². The van der Waals surface area contributed by atoms with Gasteiger partial charge in [-0.2, -0.15) is 5.10 Å². The van der Waals surface area contributed by atoms with E-state index in [4.69, 9.17) is 18.9 Å². The lowest BCUT2D eigenvalue weighted by molar-refractivity contribution is 0.0951. The fourth-order valence-electron chi connectivity index (χ4n) is 4.51. The van der Waals surface area contributed by atoms with Crippen molar-refractivity contribution in [2.45, 2.75) is 6.92 Å². The van der Waals surface area contributed by atoms with Gasteiger partial charge in [-0.3, -0.25) is 4.79 Å². The number of anilines is 2. The van der Waals surface area contributed by atoms with Gasteiger partial charge < -0.3 is 29.2 Å². The van der Waals surface area contributed by atoms with Gasteiger partial charge in [0, 0.05) is 38.9 Å². The molecule has 0 aliphatic rings. The fraction of sp³-hybridized carbons (Fsp3) is 0.167. The van der Waals surface area contributed by atoms with Crippen LogP contribution in [0.1, 0.15) is 21.7 Å². The fourth-order valence-corrected chi connectivity index (χ4v) is 4.51. The summed E-state index contributed by atoms with van der Waals surface area (Å²) in [6, 6.07) is 18.9. The molecule has 0 fully saturated rings. The van der Waals surface area contributed by atoms with Crippen LogP contribution in [0.25, 0.3) is 21.8 Å². The minimum Gasteiger partial charge on any atom is -0.494 e. The molecule has 0 radical (unpaired) electrons. The number of hydrogen-bond acceptors (Lipinski definition) is 8. The van der Waals surface area contributed by atoms with Crippen molar-refractivity contribution in [2.24, 2.45) is 5.10 Å². The van der Waals surface area contributed by atoms with Crippen LogP contribution in [0.3, 0.4) is 0 Å². The Bertz CT molecular complexity index is 1720. The molecule has 2 heterocycles. The molecule has 5 aromatic rings. The second kappa shape index (κ2) is 11.2. The number of para-hydroxylation sites is 1. The SMILES string of the molecule is COc1cc(/C=N/NC(=O)c2cc3cc(Nc4cc(C)nc5c(OC)cccc45)ccc3[nH]2)cc(OC)c1OC. The molecule has 1 amide bonds. The van der Waals surface area contributed by atoms with Gasteiger partial charge in [-0.25, -0.2) is 10.4 Å². The van der Waals surface area contributed by atoms with Crippen molar-refractivity contribution in [1.82, 2.24) is 15.4 Å². The van der Waals surface area contributed by atoms with Gasteiger partial charge in [0.15, 0.2) is 11.5 Å². The van der Waals surface area contributed by atoms with E-state index in [-0.39, 0.29) is 5.91 Å². The van der Waals surface area contributed by atoms with Gasteiger partial charge in [0.1, 0.15) is 17.0 Å². The van der Waals surface area contributed by atoms with Crippen molar-refractivity contribution < 1.29 is 23.7 Å². The summed E-state index contributed by atoms with van der Waals surface area (Å²) in [7, 11) is 6.24. The number of fused-ring (bicyclic) bond motifs is 2. The third-order valence-electron chi connectivity index (χ3n) is 6.36. The molecule has 0 saturated heterocycles. The predicted molar refractivity (Wildman–Crippen MR) is 156 cm³/mol. The number of H-pyrrole nitrogens is 1. The van der Waals surface area contributed by atoms with E-state index < -0.39 is 0 Å². The highest BCUT2D eigenvalue weighted by atomic mass is 16.5. The lowest BCUT2D eigenvalue weighted by atomic mass is 10.1. The lowest BCUT2D eigenvalue weighted by Gasteiger charge is -2.13. The molecule has 40 heavy (non-hydrogen) atoms. The predicted octanol–water partition coefficient (Wildman–Crippen LogP) is 5.57. The molecule has 5 rings (SSSR count). The lowest BCUT2D eigenvalue weighted by Crippen LogP contribution is -2.17. The Morgan fingerprint density at radius 1 is 0.900 bits per heavy atom. The molecule has 3 aromatic carbocycles. The number of carbonyl (C=O) groups is 1. The smallest absolute Gasteiger partial charge is 0.287 e. The first-order chi connectivity index (χ1) is 19.4. The highest BCUT2D eigenvalue weighted by molar-refractivity contribution is 6.00. The molecule has 2 aromatic heterocycles. The average molecular weight is 540 g/mol. The summed E-state index contributed by atoms with van der Waals surface area (Å²) in [5.74, 6) is 1.80. The van der Waals surface area contributed by atoms with E-state index >= 15 is 0 Å². The Labute approximate surface area is 230 Å². The van der Waals surface area contributed by atoms with Crippen molar-refractivity contribution in [3.05, 3.63) is 77.6 Å². The van der Waals surface area contributed by atoms with Gasteiger partial charge in [0.05, 0.1) is 34.7 Å². The van der Waals surface area contributed by atoms with Crippen molar-refractivity contribution >= 4 is 45.3 Å². The summed E-state index contributed by atoms with van der Waals surface area (Å²) in [5.41, 5.74) is 7.86. The van der Waals surface area contributed by atoms with Crippen LogP contribution in [0.2, 0.25) is 0 Å². The van der Waals surface area contributed by atoms with E-state index in [9.17, 15) is 4.79 Å². The zero-order chi connectivity index (χ0) is 28.2. The maximum Gasteiger partial charge on any atom is 0.287 e. The Kier molecular flexibility index (Phi) is 7.41. The van der Waals surface area contributed by atoms with Gasteiger partial charge in [-0.15, -0.1) is 0 Å². The third-order valence-corrected chi connectivity index (χ3v) is 6.36. The monoisotopic (exact) mass is 539 g/mol. The Balaban J connectivity index is 1.34. The van der Waals surface area contributed by atoms with Crippen LogP contribution in [-0.4, -0.2) is 50.5 Å². The Morgan fingerprint density at radius 2 is 1.65 bits per heavy atom. The van der Waals surface area contributed by atoms with Crippen LogP contribution >= 0.6 is 0 Å². The average Bonchev–Trinajstić information content (AvgIpc) is 3.40. The maximum absolute atomic E-state index is 12.8. The molecule has 0 unspecified atom stereocenters. The number of ether oxygens (including phenoxy) is 4. The maximum atomic E-state index is 12.8. The third kappa shape index (κ3) is 5.19.